The summed E-state index contributed by atoms with van der Waals surface area (Å²) in [6.07, 6.45) is -0.597. The van der Waals surface area contributed by atoms with Gasteiger partial charge in [0.25, 0.3) is 5.69 Å². The van der Waals surface area contributed by atoms with Gasteiger partial charge in [-0.25, -0.2) is 4.79 Å². The van der Waals surface area contributed by atoms with Gasteiger partial charge in [0.1, 0.15) is 11.9 Å². The van der Waals surface area contributed by atoms with E-state index in [9.17, 15) is 14.9 Å². The second-order valence-electron chi connectivity index (χ2n) is 5.92. The van der Waals surface area contributed by atoms with Gasteiger partial charge in [-0.15, -0.1) is 23.5 Å². The maximum Gasteiger partial charge on any atom is 0.344 e. The van der Waals surface area contributed by atoms with Gasteiger partial charge < -0.3 is 9.47 Å². The normalized spacial score (nSPS) is 15.3. The van der Waals surface area contributed by atoms with Crippen LogP contribution in [0.4, 0.5) is 5.69 Å². The van der Waals surface area contributed by atoms with Gasteiger partial charge in [-0.2, -0.15) is 0 Å². The highest BCUT2D eigenvalue weighted by Gasteiger charge is 2.18. The highest BCUT2D eigenvalue weighted by Crippen LogP contribution is 2.45. The number of thioether (sulfide) groups is 2. The average Bonchev–Trinajstić information content (AvgIpc) is 3.21. The molecule has 0 N–H and O–H groups in total. The standard InChI is InChI=1S/C19H19NO5S2/c1-13(15-3-2-4-16(11-15)20(22)23)25-18(21)12-24-17-7-5-14(6-8-17)19-26-9-10-27-19/h2-8,11,13,19H,9-10,12H2,1H3/t13-/m0/s1. The fourth-order valence-corrected chi connectivity index (χ4v) is 5.46. The summed E-state index contributed by atoms with van der Waals surface area (Å²) in [7, 11) is 0. The SMILES string of the molecule is C[C@H](OC(=O)COc1ccc(C2SCCS2)cc1)c1cccc([N+](=O)[O-])c1. The molecule has 1 fully saturated rings. The zero-order valence-corrected chi connectivity index (χ0v) is 16.3. The van der Waals surface area contributed by atoms with Crippen molar-refractivity contribution in [1.82, 2.24) is 0 Å². The first-order valence-electron chi connectivity index (χ1n) is 8.43. The minimum absolute atomic E-state index is 0.0367. The molecule has 1 aliphatic rings. The number of rotatable bonds is 7. The van der Waals surface area contributed by atoms with Crippen LogP contribution < -0.4 is 4.74 Å². The second-order valence-corrected chi connectivity index (χ2v) is 8.64. The number of benzene rings is 2. The lowest BCUT2D eigenvalue weighted by atomic mass is 10.1. The fraction of sp³-hybridized carbons (Fsp3) is 0.316. The minimum atomic E-state index is -0.597. The van der Waals surface area contributed by atoms with Crippen molar-refractivity contribution in [2.75, 3.05) is 18.1 Å². The summed E-state index contributed by atoms with van der Waals surface area (Å²) in [6, 6.07) is 13.8. The Hall–Kier alpha value is -2.19. The Morgan fingerprint density at radius 2 is 1.93 bits per heavy atom. The molecule has 0 amide bonds. The highest BCUT2D eigenvalue weighted by molar-refractivity contribution is 8.19. The number of nitro benzene ring substituents is 1. The first-order chi connectivity index (χ1) is 13.0. The largest absolute Gasteiger partial charge is 0.482 e. The van der Waals surface area contributed by atoms with Gasteiger partial charge >= 0.3 is 5.97 Å². The van der Waals surface area contributed by atoms with Gasteiger partial charge in [0.2, 0.25) is 0 Å². The Balaban J connectivity index is 1.50. The number of ether oxygens (including phenoxy) is 2. The van der Waals surface area contributed by atoms with Gasteiger partial charge in [-0.05, 0) is 30.2 Å². The maximum atomic E-state index is 12.0. The van der Waals surface area contributed by atoms with E-state index < -0.39 is 17.0 Å². The lowest BCUT2D eigenvalue weighted by Gasteiger charge is -2.14. The van der Waals surface area contributed by atoms with Crippen molar-refractivity contribution in [3.63, 3.8) is 0 Å². The number of nitrogens with zero attached hydrogens (tertiary/aromatic N) is 1. The van der Waals surface area contributed by atoms with Gasteiger partial charge in [0.05, 0.1) is 9.51 Å². The molecule has 1 aliphatic heterocycles. The summed E-state index contributed by atoms with van der Waals surface area (Å²) in [5, 5.41) is 10.8. The fourth-order valence-electron chi connectivity index (χ4n) is 2.60. The summed E-state index contributed by atoms with van der Waals surface area (Å²) >= 11 is 3.87. The zero-order valence-electron chi connectivity index (χ0n) is 14.7. The van der Waals surface area contributed by atoms with Crippen molar-refractivity contribution in [2.45, 2.75) is 17.6 Å². The van der Waals surface area contributed by atoms with Crippen LogP contribution in [-0.4, -0.2) is 29.0 Å². The van der Waals surface area contributed by atoms with Gasteiger partial charge in [0.15, 0.2) is 6.61 Å². The van der Waals surface area contributed by atoms with E-state index in [4.69, 9.17) is 9.47 Å². The Kier molecular flexibility index (Phi) is 6.63. The Labute approximate surface area is 165 Å². The van der Waals surface area contributed by atoms with Crippen molar-refractivity contribution in [3.8, 4) is 5.75 Å². The molecule has 6 nitrogen and oxygen atoms in total. The zero-order chi connectivity index (χ0) is 19.2. The van der Waals surface area contributed by atoms with Crippen LogP contribution >= 0.6 is 23.5 Å². The van der Waals surface area contributed by atoms with Crippen molar-refractivity contribution in [3.05, 3.63) is 69.8 Å². The average molecular weight is 405 g/mol. The van der Waals surface area contributed by atoms with Crippen molar-refractivity contribution in [2.24, 2.45) is 0 Å². The molecule has 0 aromatic heterocycles. The molecule has 142 valence electrons. The van der Waals surface area contributed by atoms with Crippen LogP contribution in [-0.2, 0) is 9.53 Å². The third-order valence-electron chi connectivity index (χ3n) is 3.99. The van der Waals surface area contributed by atoms with E-state index in [0.29, 0.717) is 15.9 Å². The van der Waals surface area contributed by atoms with Crippen LogP contribution in [0.2, 0.25) is 0 Å². The predicted molar refractivity (Wildman–Crippen MR) is 107 cm³/mol. The number of esters is 1. The molecular weight excluding hydrogens is 386 g/mol. The topological polar surface area (TPSA) is 78.7 Å². The third kappa shape index (κ3) is 5.40. The van der Waals surface area contributed by atoms with E-state index >= 15 is 0 Å². The summed E-state index contributed by atoms with van der Waals surface area (Å²) in [6.45, 7) is 1.45. The van der Waals surface area contributed by atoms with Crippen LogP contribution in [0.25, 0.3) is 0 Å². The molecule has 3 rings (SSSR count). The molecule has 8 heteroatoms. The molecule has 27 heavy (non-hydrogen) atoms. The Morgan fingerprint density at radius 1 is 1.22 bits per heavy atom. The molecule has 0 unspecified atom stereocenters. The number of carbonyl (C=O) groups is 1. The summed E-state index contributed by atoms with van der Waals surface area (Å²) in [4.78, 5) is 22.4. The van der Waals surface area contributed by atoms with E-state index in [1.165, 1.54) is 29.2 Å². The molecule has 0 spiro atoms. The van der Waals surface area contributed by atoms with Crippen LogP contribution in [0.3, 0.4) is 0 Å². The van der Waals surface area contributed by atoms with Crippen LogP contribution in [0.15, 0.2) is 48.5 Å². The van der Waals surface area contributed by atoms with E-state index in [0.717, 1.165) is 0 Å². The number of hydrogen-bond acceptors (Lipinski definition) is 7. The Morgan fingerprint density at radius 3 is 2.59 bits per heavy atom. The monoisotopic (exact) mass is 405 g/mol. The number of carbonyl (C=O) groups excluding carboxylic acids is 1. The van der Waals surface area contributed by atoms with Gasteiger partial charge in [0, 0.05) is 23.6 Å². The molecule has 0 radical (unpaired) electrons. The molecule has 0 saturated carbocycles. The summed E-state index contributed by atoms with van der Waals surface area (Å²) in [5.74, 6) is 2.41. The molecule has 0 aliphatic carbocycles. The summed E-state index contributed by atoms with van der Waals surface area (Å²) in [5.41, 5.74) is 1.77. The van der Waals surface area contributed by atoms with Crippen molar-refractivity contribution < 1.29 is 19.2 Å². The molecule has 1 heterocycles. The minimum Gasteiger partial charge on any atom is -0.482 e. The first-order valence-corrected chi connectivity index (χ1v) is 10.5. The second kappa shape index (κ2) is 9.14. The quantitative estimate of drug-likeness (QED) is 0.373. The highest BCUT2D eigenvalue weighted by atomic mass is 32.2. The lowest BCUT2D eigenvalue weighted by Crippen LogP contribution is -2.17. The molecule has 2 aromatic carbocycles. The van der Waals surface area contributed by atoms with Crippen LogP contribution in [0, 0.1) is 10.1 Å². The van der Waals surface area contributed by atoms with Gasteiger partial charge in [-0.1, -0.05) is 24.3 Å². The van der Waals surface area contributed by atoms with E-state index in [1.807, 2.05) is 47.8 Å². The van der Waals surface area contributed by atoms with Crippen molar-refractivity contribution in [1.29, 1.82) is 0 Å². The first kappa shape index (κ1) is 19.6. The van der Waals surface area contributed by atoms with E-state index in [1.54, 1.807) is 19.1 Å². The third-order valence-corrected chi connectivity index (χ3v) is 7.09. The predicted octanol–water partition coefficient (Wildman–Crippen LogP) is 4.76. The van der Waals surface area contributed by atoms with E-state index in [-0.39, 0.29) is 12.3 Å². The lowest BCUT2D eigenvalue weighted by molar-refractivity contribution is -0.385. The molecular formula is C19H19NO5S2. The number of non-ortho nitro benzene ring substituents is 1. The Bertz CT molecular complexity index is 806. The van der Waals surface area contributed by atoms with Gasteiger partial charge in [-0.3, -0.25) is 10.1 Å². The molecule has 2 aromatic rings. The van der Waals surface area contributed by atoms with Crippen molar-refractivity contribution >= 4 is 35.2 Å². The van der Waals surface area contributed by atoms with E-state index in [2.05, 4.69) is 0 Å². The molecule has 0 bridgehead atoms. The summed E-state index contributed by atoms with van der Waals surface area (Å²) < 4.78 is 11.3. The molecule has 1 saturated heterocycles. The molecule has 1 atom stereocenters. The number of nitro groups is 1. The maximum absolute atomic E-state index is 12.0. The van der Waals surface area contributed by atoms with Crippen LogP contribution in [0.1, 0.15) is 28.7 Å². The number of hydrogen-bond donors (Lipinski definition) is 0. The smallest absolute Gasteiger partial charge is 0.344 e. The van der Waals surface area contributed by atoms with Crippen LogP contribution in [0.5, 0.6) is 5.75 Å².